The molecular weight excluding hydrogens is 554 g/mol. The van der Waals surface area contributed by atoms with E-state index < -0.39 is 5.56 Å². The molecule has 6 rings (SSSR count). The molecule has 1 aliphatic heterocycles. The molecule has 0 atom stereocenters. The molecule has 7 heteroatoms. The molecule has 0 fully saturated rings. The number of hydrogen-bond donors (Lipinski definition) is 2. The van der Waals surface area contributed by atoms with Crippen LogP contribution in [0.2, 0.25) is 0 Å². The van der Waals surface area contributed by atoms with E-state index in [0.29, 0.717) is 16.8 Å². The molecule has 2 aromatic heterocycles. The zero-order valence-corrected chi connectivity index (χ0v) is 21.9. The first kappa shape index (κ1) is 27.6. The lowest BCUT2D eigenvalue weighted by molar-refractivity contribution is 0.186. The van der Waals surface area contributed by atoms with Gasteiger partial charge in [-0.2, -0.15) is 0 Å². The maximum absolute atomic E-state index is 11.8. The highest BCUT2D eigenvalue weighted by molar-refractivity contribution is 9.10. The van der Waals surface area contributed by atoms with Crippen molar-refractivity contribution in [3.05, 3.63) is 159 Å². The van der Waals surface area contributed by atoms with Crippen molar-refractivity contribution in [2.45, 2.75) is 13.8 Å². The van der Waals surface area contributed by atoms with Gasteiger partial charge in [0.25, 0.3) is 5.56 Å². The molecule has 3 heterocycles. The predicted molar refractivity (Wildman–Crippen MR) is 160 cm³/mol. The van der Waals surface area contributed by atoms with Gasteiger partial charge in [0.2, 0.25) is 0 Å². The van der Waals surface area contributed by atoms with Gasteiger partial charge < -0.3 is 5.21 Å². The Labute approximate surface area is 235 Å². The van der Waals surface area contributed by atoms with Gasteiger partial charge in [-0.25, -0.2) is 10.0 Å². The highest BCUT2D eigenvalue weighted by Crippen LogP contribution is 2.37. The normalized spacial score (nSPS) is 12.1. The SMILES string of the molecule is C.C=C1C=C(c2ccccc2)c2ccccc2N1O.O=c1cc(Cc2ccc(Br)cc2)c2cccnc2n1O. The van der Waals surface area contributed by atoms with Gasteiger partial charge in [0, 0.05) is 27.7 Å². The lowest BCUT2D eigenvalue weighted by Crippen LogP contribution is -2.20. The molecule has 0 saturated heterocycles. The Bertz CT molecular complexity index is 1710. The van der Waals surface area contributed by atoms with Gasteiger partial charge in [-0.05, 0) is 65.1 Å². The Morgan fingerprint density at radius 2 is 1.56 bits per heavy atom. The number of para-hydroxylation sites is 1. The smallest absolute Gasteiger partial charge is 0.285 e. The van der Waals surface area contributed by atoms with Gasteiger partial charge in [0.05, 0.1) is 11.4 Å². The van der Waals surface area contributed by atoms with Gasteiger partial charge in [0.1, 0.15) is 0 Å². The standard InChI is InChI=1S/C16H13NO.C15H11BrN2O2.CH4/c1-12-11-15(13-7-3-2-4-8-13)14-9-5-6-10-16(14)17(12)18;16-12-5-3-10(4-6-12)8-11-9-14(19)18(20)15-13(11)2-1-7-17-15;/h2-11,18H,1H2;1-7,9,20H,8H2;1H4. The number of aromatic nitrogens is 2. The molecule has 0 aliphatic carbocycles. The van der Waals surface area contributed by atoms with Crippen molar-refractivity contribution in [2.24, 2.45) is 0 Å². The largest absolute Gasteiger partial charge is 0.423 e. The first-order valence-corrected chi connectivity index (χ1v) is 12.7. The van der Waals surface area contributed by atoms with Crippen LogP contribution in [0, 0.1) is 0 Å². The number of fused-ring (bicyclic) bond motifs is 2. The first-order chi connectivity index (χ1) is 18.4. The van der Waals surface area contributed by atoms with Crippen molar-refractivity contribution in [1.29, 1.82) is 0 Å². The summed E-state index contributed by atoms with van der Waals surface area (Å²) in [6.45, 7) is 3.87. The van der Waals surface area contributed by atoms with E-state index in [-0.39, 0.29) is 13.1 Å². The number of halogens is 1. The molecule has 0 radical (unpaired) electrons. The number of hydrogen-bond acceptors (Lipinski definition) is 5. The van der Waals surface area contributed by atoms with Gasteiger partial charge >= 0.3 is 0 Å². The lowest BCUT2D eigenvalue weighted by Gasteiger charge is -2.27. The Balaban J connectivity index is 0.000000177. The van der Waals surface area contributed by atoms with Crippen LogP contribution in [0.3, 0.4) is 0 Å². The summed E-state index contributed by atoms with van der Waals surface area (Å²) in [5.41, 5.74) is 6.32. The minimum atomic E-state index is -0.469. The number of benzene rings is 3. The zero-order chi connectivity index (χ0) is 26.6. The summed E-state index contributed by atoms with van der Waals surface area (Å²) < 4.78 is 1.60. The number of hydroxylamine groups is 1. The van der Waals surface area contributed by atoms with E-state index in [0.717, 1.165) is 48.4 Å². The lowest BCUT2D eigenvalue weighted by atomic mass is 9.93. The minimum Gasteiger partial charge on any atom is -0.423 e. The van der Waals surface area contributed by atoms with E-state index >= 15 is 0 Å². The molecule has 6 nitrogen and oxygen atoms in total. The maximum Gasteiger partial charge on any atom is 0.285 e. The Morgan fingerprint density at radius 3 is 2.31 bits per heavy atom. The van der Waals surface area contributed by atoms with Crippen LogP contribution < -0.4 is 10.6 Å². The average Bonchev–Trinajstić information content (AvgIpc) is 2.95. The fourth-order valence-corrected chi connectivity index (χ4v) is 4.64. The van der Waals surface area contributed by atoms with Crippen LogP contribution in [-0.4, -0.2) is 20.1 Å². The minimum absolute atomic E-state index is 0. The van der Waals surface area contributed by atoms with Crippen LogP contribution in [0.1, 0.15) is 29.7 Å². The van der Waals surface area contributed by atoms with Crippen LogP contribution in [-0.2, 0) is 6.42 Å². The van der Waals surface area contributed by atoms with Crippen molar-refractivity contribution < 1.29 is 10.4 Å². The van der Waals surface area contributed by atoms with Gasteiger partial charge in [-0.1, -0.05) is 90.6 Å². The average molecular weight is 582 g/mol. The Kier molecular flexibility index (Phi) is 8.44. The van der Waals surface area contributed by atoms with Gasteiger partial charge in [0.15, 0.2) is 5.65 Å². The molecule has 5 aromatic rings. The number of pyridine rings is 2. The third kappa shape index (κ3) is 5.85. The molecule has 1 aliphatic rings. The van der Waals surface area contributed by atoms with E-state index in [4.69, 9.17) is 0 Å². The monoisotopic (exact) mass is 581 g/mol. The highest BCUT2D eigenvalue weighted by Gasteiger charge is 2.20. The van der Waals surface area contributed by atoms with Crippen LogP contribution in [0.5, 0.6) is 0 Å². The number of anilines is 1. The van der Waals surface area contributed by atoms with Crippen molar-refractivity contribution in [1.82, 2.24) is 9.71 Å². The van der Waals surface area contributed by atoms with Crippen molar-refractivity contribution in [2.75, 3.05) is 5.06 Å². The first-order valence-electron chi connectivity index (χ1n) is 11.9. The zero-order valence-electron chi connectivity index (χ0n) is 20.3. The van der Waals surface area contributed by atoms with Gasteiger partial charge in [-0.3, -0.25) is 10.0 Å². The van der Waals surface area contributed by atoms with Crippen molar-refractivity contribution >= 4 is 38.2 Å². The summed E-state index contributed by atoms with van der Waals surface area (Å²) in [6.07, 6.45) is 4.07. The van der Waals surface area contributed by atoms with E-state index in [1.165, 1.54) is 6.07 Å². The van der Waals surface area contributed by atoms with Crippen LogP contribution in [0.15, 0.2) is 131 Å². The summed E-state index contributed by atoms with van der Waals surface area (Å²) in [5, 5.41) is 21.6. The molecule has 39 heavy (non-hydrogen) atoms. The van der Waals surface area contributed by atoms with E-state index in [9.17, 15) is 15.2 Å². The molecular formula is C32H28BrN3O3. The van der Waals surface area contributed by atoms with Crippen LogP contribution in [0.4, 0.5) is 5.69 Å². The highest BCUT2D eigenvalue weighted by atomic mass is 79.9. The molecule has 0 amide bonds. The maximum atomic E-state index is 11.8. The second-order valence-corrected chi connectivity index (χ2v) is 9.66. The summed E-state index contributed by atoms with van der Waals surface area (Å²) >= 11 is 3.40. The van der Waals surface area contributed by atoms with E-state index in [1.54, 1.807) is 12.3 Å². The fourth-order valence-electron chi connectivity index (χ4n) is 4.38. The van der Waals surface area contributed by atoms with Crippen LogP contribution >= 0.6 is 15.9 Å². The molecule has 2 N–H and O–H groups in total. The second-order valence-electron chi connectivity index (χ2n) is 8.74. The second kappa shape index (κ2) is 11.9. The number of allylic oxidation sites excluding steroid dienone is 1. The van der Waals surface area contributed by atoms with Crippen molar-refractivity contribution in [3.8, 4) is 0 Å². The molecule has 3 aromatic carbocycles. The topological polar surface area (TPSA) is 78.6 Å². The van der Waals surface area contributed by atoms with Crippen molar-refractivity contribution in [3.63, 3.8) is 0 Å². The quantitative estimate of drug-likeness (QED) is 0.216. The summed E-state index contributed by atoms with van der Waals surface area (Å²) in [7, 11) is 0. The molecule has 0 bridgehead atoms. The third-order valence-corrected chi connectivity index (χ3v) is 6.77. The summed E-state index contributed by atoms with van der Waals surface area (Å²) in [5.74, 6) is 0. The number of rotatable bonds is 3. The van der Waals surface area contributed by atoms with Gasteiger partial charge in [-0.15, -0.1) is 4.73 Å². The Morgan fingerprint density at radius 1 is 0.872 bits per heavy atom. The van der Waals surface area contributed by atoms with E-state index in [2.05, 4.69) is 39.6 Å². The van der Waals surface area contributed by atoms with E-state index in [1.807, 2.05) is 78.9 Å². The molecule has 0 spiro atoms. The Hall–Kier alpha value is -4.46. The fraction of sp³-hybridized carbons (Fsp3) is 0.0625. The predicted octanol–water partition coefficient (Wildman–Crippen LogP) is 7.46. The number of nitrogens with zero attached hydrogens (tertiary/aromatic N) is 3. The summed E-state index contributed by atoms with van der Waals surface area (Å²) in [4.78, 5) is 15.8. The molecule has 196 valence electrons. The summed E-state index contributed by atoms with van der Waals surface area (Å²) in [6, 6.07) is 30.9. The molecule has 0 unspecified atom stereocenters. The third-order valence-electron chi connectivity index (χ3n) is 6.24. The van der Waals surface area contributed by atoms with Crippen LogP contribution in [0.25, 0.3) is 16.6 Å². The molecule has 0 saturated carbocycles.